The van der Waals surface area contributed by atoms with E-state index in [1.54, 1.807) is 7.11 Å². The Balaban J connectivity index is 1.50. The van der Waals surface area contributed by atoms with Gasteiger partial charge in [0.1, 0.15) is 5.75 Å². The Labute approximate surface area is 187 Å². The molecule has 2 aliphatic heterocycles. The molecule has 2 fully saturated rings. The van der Waals surface area contributed by atoms with Crippen LogP contribution in [0.15, 0.2) is 42.7 Å². The Morgan fingerprint density at radius 3 is 2.72 bits per heavy atom. The molecule has 3 aromatic rings. The average molecular weight is 433 g/mol. The number of rotatable bonds is 5. The van der Waals surface area contributed by atoms with E-state index in [-0.39, 0.29) is 11.9 Å². The number of benzene rings is 1. The van der Waals surface area contributed by atoms with Crippen molar-refractivity contribution in [3.05, 3.63) is 54.0 Å². The highest BCUT2D eigenvalue weighted by Crippen LogP contribution is 2.38. The Hall–Kier alpha value is -3.42. The van der Waals surface area contributed by atoms with E-state index < -0.39 is 0 Å². The fraction of sp³-hybridized carbons (Fsp3) is 0.417. The summed E-state index contributed by atoms with van der Waals surface area (Å²) in [7, 11) is 3.53. The van der Waals surface area contributed by atoms with Crippen molar-refractivity contribution < 1.29 is 9.53 Å². The topological polar surface area (TPSA) is 76.4 Å². The van der Waals surface area contributed by atoms with Crippen molar-refractivity contribution in [1.29, 1.82) is 0 Å². The molecule has 0 N–H and O–H groups in total. The largest absolute Gasteiger partial charge is 0.496 e. The maximum Gasteiger partial charge on any atom is 0.258 e. The third-order valence-electron chi connectivity index (χ3n) is 6.46. The lowest BCUT2D eigenvalue weighted by Crippen LogP contribution is -2.32. The summed E-state index contributed by atoms with van der Waals surface area (Å²) < 4.78 is 7.32. The molecule has 0 radical (unpaired) electrons. The first-order valence-electron chi connectivity index (χ1n) is 11.2. The summed E-state index contributed by atoms with van der Waals surface area (Å²) in [6.07, 6.45) is 7.85. The first-order chi connectivity index (χ1) is 15.7. The highest BCUT2D eigenvalue weighted by atomic mass is 16.5. The van der Waals surface area contributed by atoms with Crippen molar-refractivity contribution in [3.63, 3.8) is 0 Å². The molecule has 1 aromatic carbocycles. The Bertz CT molecular complexity index is 1120. The third kappa shape index (κ3) is 3.59. The average Bonchev–Trinajstić information content (AvgIpc) is 3.59. The number of para-hydroxylation sites is 1. The number of aromatic nitrogens is 4. The molecule has 1 atom stereocenters. The fourth-order valence-electron chi connectivity index (χ4n) is 4.88. The monoisotopic (exact) mass is 432 g/mol. The van der Waals surface area contributed by atoms with Gasteiger partial charge in [0, 0.05) is 38.4 Å². The number of hydrogen-bond donors (Lipinski definition) is 0. The van der Waals surface area contributed by atoms with Crippen LogP contribution in [0.1, 0.15) is 47.8 Å². The van der Waals surface area contributed by atoms with Crippen LogP contribution in [0.2, 0.25) is 0 Å². The van der Waals surface area contributed by atoms with Crippen molar-refractivity contribution in [2.75, 3.05) is 31.6 Å². The van der Waals surface area contributed by atoms with E-state index in [2.05, 4.69) is 15.0 Å². The van der Waals surface area contributed by atoms with Crippen molar-refractivity contribution in [2.45, 2.75) is 31.7 Å². The number of anilines is 1. The molecule has 2 aliphatic rings. The summed E-state index contributed by atoms with van der Waals surface area (Å²) in [6.45, 7) is 2.69. The number of hydrogen-bond acceptors (Lipinski definition) is 6. The summed E-state index contributed by atoms with van der Waals surface area (Å²) in [6, 6.07) is 9.27. The van der Waals surface area contributed by atoms with Gasteiger partial charge in [-0.15, -0.1) is 0 Å². The molecule has 8 heteroatoms. The lowest BCUT2D eigenvalue weighted by molar-refractivity contribution is 0.0727. The van der Waals surface area contributed by atoms with E-state index in [4.69, 9.17) is 9.72 Å². The SMILES string of the molecule is COc1ccccc1C(=O)N1CCC[C@H]1c1c(-c2ccnc(N3CCCC3)n2)cnn1C. The summed E-state index contributed by atoms with van der Waals surface area (Å²) in [5.41, 5.74) is 3.41. The highest BCUT2D eigenvalue weighted by Gasteiger charge is 2.35. The molecule has 166 valence electrons. The predicted molar refractivity (Wildman–Crippen MR) is 122 cm³/mol. The van der Waals surface area contributed by atoms with Gasteiger partial charge in [0.25, 0.3) is 5.91 Å². The number of nitrogens with zero attached hydrogens (tertiary/aromatic N) is 6. The fourth-order valence-corrected chi connectivity index (χ4v) is 4.88. The zero-order chi connectivity index (χ0) is 22.1. The quantitative estimate of drug-likeness (QED) is 0.615. The standard InChI is InChI=1S/C24H28N6O2/c1-28-22(18(16-26-28)19-11-12-25-24(27-19)29-13-5-6-14-29)20-9-7-15-30(20)23(31)17-8-3-4-10-21(17)32-2/h3-4,8,10-12,16,20H,5-7,9,13-15H2,1-2H3/t20-/m0/s1. The van der Waals surface area contributed by atoms with Crippen LogP contribution < -0.4 is 9.64 Å². The van der Waals surface area contributed by atoms with Crippen LogP contribution in [0.4, 0.5) is 5.95 Å². The summed E-state index contributed by atoms with van der Waals surface area (Å²) in [4.78, 5) is 27.0. The van der Waals surface area contributed by atoms with E-state index in [1.807, 2.05) is 59.4 Å². The van der Waals surface area contributed by atoms with Crippen LogP contribution >= 0.6 is 0 Å². The minimum atomic E-state index is -0.0693. The van der Waals surface area contributed by atoms with Gasteiger partial charge in [-0.2, -0.15) is 5.10 Å². The number of aryl methyl sites for hydroxylation is 1. The molecule has 1 amide bonds. The number of carbonyl (C=O) groups is 1. The Kier molecular flexibility index (Phi) is 5.51. The molecule has 0 aliphatic carbocycles. The Morgan fingerprint density at radius 2 is 1.91 bits per heavy atom. The Morgan fingerprint density at radius 1 is 1.09 bits per heavy atom. The van der Waals surface area contributed by atoms with E-state index in [1.165, 1.54) is 12.8 Å². The lowest BCUT2D eigenvalue weighted by Gasteiger charge is -2.26. The normalized spacial score (nSPS) is 18.4. The van der Waals surface area contributed by atoms with Gasteiger partial charge in [-0.3, -0.25) is 9.48 Å². The molecule has 0 bridgehead atoms. The van der Waals surface area contributed by atoms with E-state index in [0.717, 1.165) is 48.8 Å². The highest BCUT2D eigenvalue weighted by molar-refractivity contribution is 5.97. The number of ether oxygens (including phenoxy) is 1. The molecule has 5 rings (SSSR count). The molecule has 0 saturated carbocycles. The van der Waals surface area contributed by atoms with Gasteiger partial charge in [0.05, 0.1) is 36.3 Å². The second-order valence-electron chi connectivity index (χ2n) is 8.36. The maximum atomic E-state index is 13.5. The van der Waals surface area contributed by atoms with Crippen molar-refractivity contribution >= 4 is 11.9 Å². The van der Waals surface area contributed by atoms with Gasteiger partial charge in [-0.25, -0.2) is 9.97 Å². The van der Waals surface area contributed by atoms with Gasteiger partial charge in [0.2, 0.25) is 5.95 Å². The minimum Gasteiger partial charge on any atom is -0.496 e. The van der Waals surface area contributed by atoms with Crippen LogP contribution in [-0.2, 0) is 7.05 Å². The van der Waals surface area contributed by atoms with E-state index in [9.17, 15) is 4.79 Å². The van der Waals surface area contributed by atoms with Gasteiger partial charge in [-0.1, -0.05) is 12.1 Å². The van der Waals surface area contributed by atoms with Gasteiger partial charge in [0.15, 0.2) is 0 Å². The number of methoxy groups -OCH3 is 1. The van der Waals surface area contributed by atoms with Crippen molar-refractivity contribution in [1.82, 2.24) is 24.6 Å². The van der Waals surface area contributed by atoms with Gasteiger partial charge >= 0.3 is 0 Å². The molecule has 2 aromatic heterocycles. The summed E-state index contributed by atoms with van der Waals surface area (Å²) in [5, 5.41) is 4.54. The first-order valence-corrected chi connectivity index (χ1v) is 11.2. The first kappa shape index (κ1) is 20.5. The van der Waals surface area contributed by atoms with Gasteiger partial charge in [-0.05, 0) is 43.9 Å². The second kappa shape index (κ2) is 8.61. The summed E-state index contributed by atoms with van der Waals surface area (Å²) >= 11 is 0. The number of likely N-dealkylation sites (tertiary alicyclic amines) is 1. The van der Waals surface area contributed by atoms with Crippen LogP contribution in [0, 0.1) is 0 Å². The second-order valence-corrected chi connectivity index (χ2v) is 8.36. The molecule has 0 unspecified atom stereocenters. The van der Waals surface area contributed by atoms with Gasteiger partial charge < -0.3 is 14.5 Å². The smallest absolute Gasteiger partial charge is 0.258 e. The predicted octanol–water partition coefficient (Wildman–Crippen LogP) is 3.46. The lowest BCUT2D eigenvalue weighted by atomic mass is 10.0. The molecule has 2 saturated heterocycles. The number of carbonyl (C=O) groups excluding carboxylic acids is 1. The minimum absolute atomic E-state index is 0.0162. The van der Waals surface area contributed by atoms with Crippen molar-refractivity contribution in [3.8, 4) is 17.0 Å². The molecule has 4 heterocycles. The van der Waals surface area contributed by atoms with E-state index >= 15 is 0 Å². The van der Waals surface area contributed by atoms with Crippen LogP contribution in [-0.4, -0.2) is 57.3 Å². The molecule has 0 spiro atoms. The molecular formula is C24H28N6O2. The summed E-state index contributed by atoms with van der Waals surface area (Å²) in [5.74, 6) is 1.35. The molecule has 32 heavy (non-hydrogen) atoms. The molecular weight excluding hydrogens is 404 g/mol. The zero-order valence-corrected chi connectivity index (χ0v) is 18.6. The molecule has 8 nitrogen and oxygen atoms in total. The van der Waals surface area contributed by atoms with E-state index in [0.29, 0.717) is 17.9 Å². The van der Waals surface area contributed by atoms with Crippen LogP contribution in [0.25, 0.3) is 11.3 Å². The third-order valence-corrected chi connectivity index (χ3v) is 6.46. The van der Waals surface area contributed by atoms with Crippen LogP contribution in [0.3, 0.4) is 0 Å². The number of amides is 1. The maximum absolute atomic E-state index is 13.5. The van der Waals surface area contributed by atoms with Crippen molar-refractivity contribution in [2.24, 2.45) is 7.05 Å². The van der Waals surface area contributed by atoms with Crippen LogP contribution in [0.5, 0.6) is 5.75 Å². The zero-order valence-electron chi connectivity index (χ0n) is 18.6.